The Kier molecular flexibility index (Phi) is 6.01. The zero-order chi connectivity index (χ0) is 13.8. The molecule has 1 saturated carbocycles. The Labute approximate surface area is 116 Å². The highest BCUT2D eigenvalue weighted by molar-refractivity contribution is 7.89. The highest BCUT2D eigenvalue weighted by atomic mass is 32.2. The van der Waals surface area contributed by atoms with Crippen molar-refractivity contribution in [3.8, 4) is 0 Å². The minimum Gasteiger partial charge on any atom is -0.393 e. The summed E-state index contributed by atoms with van der Waals surface area (Å²) in [5, 5.41) is -0.208. The van der Waals surface area contributed by atoms with E-state index in [4.69, 9.17) is 18.0 Å². The molecule has 1 aliphatic carbocycles. The molecule has 4 nitrogen and oxygen atoms in total. The van der Waals surface area contributed by atoms with Gasteiger partial charge in [-0.05, 0) is 26.7 Å². The Bertz CT molecular complexity index is 374. The van der Waals surface area contributed by atoms with E-state index in [1.807, 2.05) is 13.8 Å². The molecule has 1 aliphatic rings. The number of hydrogen-bond donors (Lipinski definition) is 1. The van der Waals surface area contributed by atoms with Crippen LogP contribution in [0.25, 0.3) is 0 Å². The first kappa shape index (κ1) is 15.9. The summed E-state index contributed by atoms with van der Waals surface area (Å²) in [6.07, 6.45) is 5.23. The van der Waals surface area contributed by atoms with Crippen LogP contribution in [0.4, 0.5) is 0 Å². The van der Waals surface area contributed by atoms with Crippen molar-refractivity contribution in [3.63, 3.8) is 0 Å². The van der Waals surface area contributed by atoms with Gasteiger partial charge in [0.1, 0.15) is 0 Å². The minimum atomic E-state index is -3.20. The van der Waals surface area contributed by atoms with Crippen LogP contribution in [0.3, 0.4) is 0 Å². The van der Waals surface area contributed by atoms with E-state index >= 15 is 0 Å². The molecule has 2 N–H and O–H groups in total. The average Bonchev–Trinajstić information content (AvgIpc) is 2.29. The van der Waals surface area contributed by atoms with Crippen LogP contribution in [0.15, 0.2) is 0 Å². The molecule has 0 amide bonds. The summed E-state index contributed by atoms with van der Waals surface area (Å²) in [5.41, 5.74) is 5.47. The molecule has 0 bridgehead atoms. The van der Waals surface area contributed by atoms with Crippen molar-refractivity contribution in [3.05, 3.63) is 0 Å². The van der Waals surface area contributed by atoms with E-state index in [0.29, 0.717) is 18.0 Å². The number of nitrogens with two attached hydrogens (primary N) is 1. The fourth-order valence-electron chi connectivity index (χ4n) is 2.45. The highest BCUT2D eigenvalue weighted by Gasteiger charge is 2.34. The van der Waals surface area contributed by atoms with E-state index in [1.54, 1.807) is 4.31 Å². The maximum absolute atomic E-state index is 12.6. The summed E-state index contributed by atoms with van der Waals surface area (Å²) in [6.45, 7) is 4.21. The zero-order valence-electron chi connectivity index (χ0n) is 11.3. The Morgan fingerprint density at radius 3 is 2.33 bits per heavy atom. The van der Waals surface area contributed by atoms with E-state index in [-0.39, 0.29) is 11.3 Å². The van der Waals surface area contributed by atoms with Crippen LogP contribution in [-0.2, 0) is 10.0 Å². The molecular formula is C12H24N2O2S2. The van der Waals surface area contributed by atoms with Crippen LogP contribution >= 0.6 is 12.2 Å². The molecule has 0 atom stereocenters. The minimum absolute atomic E-state index is 0.0359. The van der Waals surface area contributed by atoms with Gasteiger partial charge in [-0.25, -0.2) is 8.42 Å². The van der Waals surface area contributed by atoms with Gasteiger partial charge in [0.2, 0.25) is 10.0 Å². The monoisotopic (exact) mass is 292 g/mol. The lowest BCUT2D eigenvalue weighted by Crippen LogP contribution is -2.44. The van der Waals surface area contributed by atoms with Crippen LogP contribution < -0.4 is 5.73 Å². The molecule has 0 aromatic carbocycles. The molecule has 18 heavy (non-hydrogen) atoms. The summed E-state index contributed by atoms with van der Waals surface area (Å²) in [7, 11) is -3.20. The van der Waals surface area contributed by atoms with Gasteiger partial charge in [-0.2, -0.15) is 4.31 Å². The smallest absolute Gasteiger partial charge is 0.217 e. The van der Waals surface area contributed by atoms with Crippen LogP contribution in [-0.4, -0.2) is 35.5 Å². The normalized spacial score (nSPS) is 18.4. The number of sulfonamides is 1. The molecule has 106 valence electrons. The number of thiocarbonyl (C=S) groups is 1. The molecule has 6 heteroatoms. The van der Waals surface area contributed by atoms with Crippen molar-refractivity contribution in [2.45, 2.75) is 63.7 Å². The maximum atomic E-state index is 12.6. The van der Waals surface area contributed by atoms with Crippen LogP contribution in [0.1, 0.15) is 52.4 Å². The summed E-state index contributed by atoms with van der Waals surface area (Å²) in [6, 6.07) is -0.0359. The first-order valence-corrected chi connectivity index (χ1v) is 8.56. The van der Waals surface area contributed by atoms with Crippen molar-refractivity contribution in [1.82, 2.24) is 4.31 Å². The molecule has 0 saturated heterocycles. The highest BCUT2D eigenvalue weighted by Crippen LogP contribution is 2.27. The summed E-state index contributed by atoms with van der Waals surface area (Å²) in [4.78, 5) is 0.375. The topological polar surface area (TPSA) is 63.4 Å². The predicted octanol–water partition coefficient (Wildman–Crippen LogP) is 2.04. The largest absolute Gasteiger partial charge is 0.393 e. The molecule has 1 fully saturated rings. The van der Waals surface area contributed by atoms with E-state index in [9.17, 15) is 8.42 Å². The Morgan fingerprint density at radius 2 is 1.89 bits per heavy atom. The van der Waals surface area contributed by atoms with Gasteiger partial charge in [-0.3, -0.25) is 0 Å². The van der Waals surface area contributed by atoms with Gasteiger partial charge in [-0.1, -0.05) is 31.5 Å². The van der Waals surface area contributed by atoms with Gasteiger partial charge in [0.05, 0.1) is 10.2 Å². The third-order valence-corrected chi connectivity index (χ3v) is 6.23. The van der Waals surface area contributed by atoms with E-state index < -0.39 is 10.0 Å². The summed E-state index contributed by atoms with van der Waals surface area (Å²) < 4.78 is 26.7. The van der Waals surface area contributed by atoms with Crippen molar-refractivity contribution < 1.29 is 8.42 Å². The van der Waals surface area contributed by atoms with E-state index in [2.05, 4.69) is 0 Å². The standard InChI is InChI=1S/C12H24N2O2S2/c1-10(2)14(9-8-12(13)17)18(15,16)11-6-4-3-5-7-11/h10-11H,3-9H2,1-2H3,(H2,13,17). The molecule has 0 spiro atoms. The first-order chi connectivity index (χ1) is 8.35. The Hall–Kier alpha value is -0.200. The molecule has 0 aromatic rings. The lowest BCUT2D eigenvalue weighted by Gasteiger charge is -2.32. The van der Waals surface area contributed by atoms with Crippen LogP contribution in [0, 0.1) is 0 Å². The van der Waals surface area contributed by atoms with Crippen LogP contribution in [0.5, 0.6) is 0 Å². The SMILES string of the molecule is CC(C)N(CCC(N)=S)S(=O)(=O)C1CCCCC1. The molecule has 0 radical (unpaired) electrons. The third-order valence-electron chi connectivity index (χ3n) is 3.45. The lowest BCUT2D eigenvalue weighted by atomic mass is 10.0. The Balaban J connectivity index is 2.78. The van der Waals surface area contributed by atoms with Crippen molar-refractivity contribution in [2.24, 2.45) is 5.73 Å². The second-order valence-corrected chi connectivity index (χ2v) is 7.92. The molecule has 0 heterocycles. The fourth-order valence-corrected chi connectivity index (χ4v) is 4.79. The second kappa shape index (κ2) is 6.82. The van der Waals surface area contributed by atoms with Crippen molar-refractivity contribution in [1.29, 1.82) is 0 Å². The average molecular weight is 292 g/mol. The maximum Gasteiger partial charge on any atom is 0.217 e. The van der Waals surface area contributed by atoms with Gasteiger partial charge in [-0.15, -0.1) is 0 Å². The summed E-state index contributed by atoms with van der Waals surface area (Å²) in [5.74, 6) is 0. The molecule has 1 rings (SSSR count). The van der Waals surface area contributed by atoms with E-state index in [0.717, 1.165) is 32.1 Å². The van der Waals surface area contributed by atoms with E-state index in [1.165, 1.54) is 0 Å². The van der Waals surface area contributed by atoms with Gasteiger partial charge < -0.3 is 5.73 Å². The summed E-state index contributed by atoms with van der Waals surface area (Å²) >= 11 is 4.84. The van der Waals surface area contributed by atoms with Crippen molar-refractivity contribution >= 4 is 27.2 Å². The lowest BCUT2D eigenvalue weighted by molar-refractivity contribution is 0.347. The predicted molar refractivity (Wildman–Crippen MR) is 79.0 cm³/mol. The molecular weight excluding hydrogens is 268 g/mol. The number of nitrogens with zero attached hydrogens (tertiary/aromatic N) is 1. The van der Waals surface area contributed by atoms with Crippen LogP contribution in [0.2, 0.25) is 0 Å². The third kappa shape index (κ3) is 4.17. The first-order valence-electron chi connectivity index (χ1n) is 6.64. The van der Waals surface area contributed by atoms with Gasteiger partial charge in [0.25, 0.3) is 0 Å². The van der Waals surface area contributed by atoms with Gasteiger partial charge in [0.15, 0.2) is 0 Å². The Morgan fingerprint density at radius 1 is 1.33 bits per heavy atom. The van der Waals surface area contributed by atoms with Gasteiger partial charge in [0, 0.05) is 19.0 Å². The fraction of sp³-hybridized carbons (Fsp3) is 0.917. The van der Waals surface area contributed by atoms with Crippen molar-refractivity contribution in [2.75, 3.05) is 6.54 Å². The van der Waals surface area contributed by atoms with Gasteiger partial charge >= 0.3 is 0 Å². The molecule has 0 unspecified atom stereocenters. The second-order valence-electron chi connectivity index (χ2n) is 5.23. The zero-order valence-corrected chi connectivity index (χ0v) is 12.9. The number of hydrogen-bond acceptors (Lipinski definition) is 3. The molecule has 0 aliphatic heterocycles. The molecule has 0 aromatic heterocycles. The quantitative estimate of drug-likeness (QED) is 0.761. The number of rotatable bonds is 6.